The van der Waals surface area contributed by atoms with Crippen LogP contribution in [0.5, 0.6) is 5.75 Å². The van der Waals surface area contributed by atoms with Crippen molar-refractivity contribution in [1.82, 2.24) is 0 Å². The van der Waals surface area contributed by atoms with Crippen LogP contribution in [0.2, 0.25) is 0 Å². The number of hydrogen-bond donors (Lipinski definition) is 2. The average Bonchev–Trinajstić information content (AvgIpc) is 2.32. The zero-order chi connectivity index (χ0) is 11.5. The van der Waals surface area contributed by atoms with E-state index in [9.17, 15) is 4.79 Å². The van der Waals surface area contributed by atoms with Crippen LogP contribution in [0.25, 0.3) is 0 Å². The predicted octanol–water partition coefficient (Wildman–Crippen LogP) is -0.103. The molecule has 5 nitrogen and oxygen atoms in total. The smallest absolute Gasteiger partial charge is 0.265 e. The molecule has 0 fully saturated rings. The van der Waals surface area contributed by atoms with Gasteiger partial charge in [-0.15, -0.1) is 0 Å². The molecule has 2 N–H and O–H groups in total. The van der Waals surface area contributed by atoms with Crippen LogP contribution >= 0.6 is 0 Å². The number of ether oxygens (including phenoxy) is 1. The highest BCUT2D eigenvalue weighted by atomic mass is 16.5. The van der Waals surface area contributed by atoms with Crippen LogP contribution in [0, 0.1) is 0 Å². The van der Waals surface area contributed by atoms with Crippen molar-refractivity contribution in [3.05, 3.63) is 23.8 Å². The highest BCUT2D eigenvalue weighted by Crippen LogP contribution is 2.32. The fourth-order valence-corrected chi connectivity index (χ4v) is 1.69. The standard InChI is InChI=1S/C11H13NO4/c13-4-3-12-9-2-1-8(6-14)5-10(9)16-7-11(12)15/h1-2,5,13-14H,3-4,6-7H2. The van der Waals surface area contributed by atoms with Crippen molar-refractivity contribution in [2.45, 2.75) is 6.61 Å². The predicted molar refractivity (Wildman–Crippen MR) is 57.3 cm³/mol. The number of benzene rings is 1. The number of rotatable bonds is 3. The second-order valence-electron chi connectivity index (χ2n) is 3.52. The maximum Gasteiger partial charge on any atom is 0.265 e. The molecule has 0 unspecified atom stereocenters. The Balaban J connectivity index is 2.36. The van der Waals surface area contributed by atoms with Crippen molar-refractivity contribution >= 4 is 11.6 Å². The molecule has 2 rings (SSSR count). The highest BCUT2D eigenvalue weighted by Gasteiger charge is 2.24. The zero-order valence-corrected chi connectivity index (χ0v) is 8.72. The Morgan fingerprint density at radius 2 is 2.19 bits per heavy atom. The maximum absolute atomic E-state index is 11.5. The van der Waals surface area contributed by atoms with E-state index >= 15 is 0 Å². The summed E-state index contributed by atoms with van der Waals surface area (Å²) in [6.07, 6.45) is 0. The van der Waals surface area contributed by atoms with E-state index in [1.54, 1.807) is 18.2 Å². The van der Waals surface area contributed by atoms with Gasteiger partial charge >= 0.3 is 0 Å². The molecule has 1 aliphatic heterocycles. The molecule has 1 aliphatic rings. The topological polar surface area (TPSA) is 70.0 Å². The molecule has 86 valence electrons. The number of amides is 1. The number of hydrogen-bond acceptors (Lipinski definition) is 4. The van der Waals surface area contributed by atoms with Crippen molar-refractivity contribution in [2.75, 3.05) is 24.7 Å². The first-order chi connectivity index (χ1) is 7.76. The van der Waals surface area contributed by atoms with Gasteiger partial charge in [0.05, 0.1) is 18.9 Å². The molecule has 1 aromatic rings. The third-order valence-corrected chi connectivity index (χ3v) is 2.47. The Hall–Kier alpha value is -1.59. The lowest BCUT2D eigenvalue weighted by Gasteiger charge is -2.29. The third-order valence-electron chi connectivity index (χ3n) is 2.47. The molecule has 0 aliphatic carbocycles. The SMILES string of the molecule is O=C1COc2cc(CO)ccc2N1CCO. The van der Waals surface area contributed by atoms with Gasteiger partial charge in [0.1, 0.15) is 5.75 Å². The quantitative estimate of drug-likeness (QED) is 0.750. The van der Waals surface area contributed by atoms with Crippen molar-refractivity contribution in [3.8, 4) is 5.75 Å². The zero-order valence-electron chi connectivity index (χ0n) is 8.72. The molecule has 5 heteroatoms. The summed E-state index contributed by atoms with van der Waals surface area (Å²) in [6, 6.07) is 5.14. The molecule has 0 saturated heterocycles. The lowest BCUT2D eigenvalue weighted by atomic mass is 10.1. The van der Waals surface area contributed by atoms with Gasteiger partial charge in [-0.3, -0.25) is 4.79 Å². The molecule has 0 aromatic heterocycles. The fraction of sp³-hybridized carbons (Fsp3) is 0.364. The minimum absolute atomic E-state index is 0.0259. The Bertz CT molecular complexity index is 405. The van der Waals surface area contributed by atoms with Gasteiger partial charge < -0.3 is 19.8 Å². The summed E-state index contributed by atoms with van der Waals surface area (Å²) in [4.78, 5) is 13.0. The van der Waals surface area contributed by atoms with E-state index in [0.717, 1.165) is 5.56 Å². The maximum atomic E-state index is 11.5. The molecule has 1 amide bonds. The summed E-state index contributed by atoms with van der Waals surface area (Å²) < 4.78 is 5.27. The Labute approximate surface area is 92.9 Å². The van der Waals surface area contributed by atoms with Gasteiger partial charge in [0.2, 0.25) is 0 Å². The molecule has 0 atom stereocenters. The minimum atomic E-state index is -0.168. The van der Waals surface area contributed by atoms with Crippen LogP contribution in [-0.4, -0.2) is 35.9 Å². The van der Waals surface area contributed by atoms with Gasteiger partial charge in [0.15, 0.2) is 6.61 Å². The first kappa shape index (κ1) is 10.9. The molecule has 1 heterocycles. The van der Waals surface area contributed by atoms with E-state index in [4.69, 9.17) is 14.9 Å². The van der Waals surface area contributed by atoms with Crippen LogP contribution in [0.15, 0.2) is 18.2 Å². The van der Waals surface area contributed by atoms with Crippen molar-refractivity contribution in [3.63, 3.8) is 0 Å². The van der Waals surface area contributed by atoms with Crippen LogP contribution in [-0.2, 0) is 11.4 Å². The third kappa shape index (κ3) is 1.87. The molecular weight excluding hydrogens is 210 g/mol. The lowest BCUT2D eigenvalue weighted by Crippen LogP contribution is -2.40. The lowest BCUT2D eigenvalue weighted by molar-refractivity contribution is -0.121. The fourth-order valence-electron chi connectivity index (χ4n) is 1.69. The van der Waals surface area contributed by atoms with E-state index in [1.807, 2.05) is 0 Å². The highest BCUT2D eigenvalue weighted by molar-refractivity contribution is 5.97. The molecule has 1 aromatic carbocycles. The number of carbonyl (C=O) groups excluding carboxylic acids is 1. The van der Waals surface area contributed by atoms with Gasteiger partial charge in [-0.2, -0.15) is 0 Å². The molecular formula is C11H13NO4. The Morgan fingerprint density at radius 1 is 1.38 bits per heavy atom. The summed E-state index contributed by atoms with van der Waals surface area (Å²) in [5.74, 6) is 0.401. The minimum Gasteiger partial charge on any atom is -0.482 e. The van der Waals surface area contributed by atoms with E-state index in [2.05, 4.69) is 0 Å². The van der Waals surface area contributed by atoms with Gasteiger partial charge in [0.25, 0.3) is 5.91 Å². The Kier molecular flexibility index (Phi) is 3.07. The van der Waals surface area contributed by atoms with Gasteiger partial charge in [-0.25, -0.2) is 0 Å². The number of fused-ring (bicyclic) bond motifs is 1. The first-order valence-electron chi connectivity index (χ1n) is 5.04. The number of aliphatic hydroxyl groups is 2. The summed E-state index contributed by atoms with van der Waals surface area (Å²) in [7, 11) is 0. The summed E-state index contributed by atoms with van der Waals surface area (Å²) in [5, 5.41) is 17.9. The number of aliphatic hydroxyl groups excluding tert-OH is 2. The average molecular weight is 223 g/mol. The summed E-state index contributed by atoms with van der Waals surface area (Å²) in [6.45, 7) is 0.0765. The number of nitrogens with zero attached hydrogens (tertiary/aromatic N) is 1. The van der Waals surface area contributed by atoms with E-state index in [-0.39, 0.29) is 32.3 Å². The second kappa shape index (κ2) is 4.51. The van der Waals surface area contributed by atoms with Crippen molar-refractivity contribution < 1.29 is 19.7 Å². The van der Waals surface area contributed by atoms with Crippen LogP contribution in [0.1, 0.15) is 5.56 Å². The van der Waals surface area contributed by atoms with E-state index < -0.39 is 0 Å². The number of β-amino-alcohol motifs (C(OH)–C–C–N with tert-alkyl or cyclic N) is 1. The largest absolute Gasteiger partial charge is 0.482 e. The number of carbonyl (C=O) groups is 1. The summed E-state index contributed by atoms with van der Waals surface area (Å²) in [5.41, 5.74) is 1.37. The van der Waals surface area contributed by atoms with Gasteiger partial charge in [-0.1, -0.05) is 6.07 Å². The van der Waals surface area contributed by atoms with E-state index in [1.165, 1.54) is 4.90 Å². The van der Waals surface area contributed by atoms with Gasteiger partial charge in [0, 0.05) is 6.54 Å². The molecule has 0 saturated carbocycles. The first-order valence-corrected chi connectivity index (χ1v) is 5.04. The monoisotopic (exact) mass is 223 g/mol. The molecule has 0 bridgehead atoms. The van der Waals surface area contributed by atoms with Crippen LogP contribution < -0.4 is 9.64 Å². The van der Waals surface area contributed by atoms with Gasteiger partial charge in [-0.05, 0) is 17.7 Å². The van der Waals surface area contributed by atoms with E-state index in [0.29, 0.717) is 11.4 Å². The van der Waals surface area contributed by atoms with Crippen molar-refractivity contribution in [1.29, 1.82) is 0 Å². The van der Waals surface area contributed by atoms with Crippen molar-refractivity contribution in [2.24, 2.45) is 0 Å². The van der Waals surface area contributed by atoms with Crippen LogP contribution in [0.3, 0.4) is 0 Å². The molecule has 0 spiro atoms. The normalized spacial score (nSPS) is 14.6. The Morgan fingerprint density at radius 3 is 2.88 bits per heavy atom. The van der Waals surface area contributed by atoms with Crippen LogP contribution in [0.4, 0.5) is 5.69 Å². The second-order valence-corrected chi connectivity index (χ2v) is 3.52. The number of anilines is 1. The summed E-state index contributed by atoms with van der Waals surface area (Å²) >= 11 is 0. The molecule has 16 heavy (non-hydrogen) atoms. The molecule has 0 radical (unpaired) electrons.